The van der Waals surface area contributed by atoms with Crippen molar-refractivity contribution in [3.8, 4) is 5.69 Å². The highest BCUT2D eigenvalue weighted by molar-refractivity contribution is 5.85. The summed E-state index contributed by atoms with van der Waals surface area (Å²) in [7, 11) is 0. The molecule has 138 valence electrons. The van der Waals surface area contributed by atoms with Crippen LogP contribution in [0.15, 0.2) is 30.6 Å². The second-order valence-electron chi connectivity index (χ2n) is 5.68. The van der Waals surface area contributed by atoms with Crippen molar-refractivity contribution < 1.29 is 19.5 Å². The molecule has 0 fully saturated rings. The summed E-state index contributed by atoms with van der Waals surface area (Å²) < 4.78 is 1.48. The molecule has 0 saturated carbocycles. The highest BCUT2D eigenvalue weighted by Gasteiger charge is 2.25. The Morgan fingerprint density at radius 2 is 1.96 bits per heavy atom. The molecule has 26 heavy (non-hydrogen) atoms. The van der Waals surface area contributed by atoms with Crippen LogP contribution in [-0.2, 0) is 20.8 Å². The topological polar surface area (TPSA) is 130 Å². The summed E-state index contributed by atoms with van der Waals surface area (Å²) in [6.45, 7) is 3.11. The first-order valence-electron chi connectivity index (χ1n) is 7.97. The average molecular weight is 360 g/mol. The van der Waals surface area contributed by atoms with E-state index in [1.165, 1.54) is 29.8 Å². The van der Waals surface area contributed by atoms with Crippen molar-refractivity contribution >= 4 is 17.8 Å². The lowest BCUT2D eigenvalue weighted by molar-refractivity contribution is -0.149. The molecule has 0 saturated heterocycles. The van der Waals surface area contributed by atoms with Gasteiger partial charge in [-0.3, -0.25) is 9.59 Å². The van der Waals surface area contributed by atoms with E-state index in [4.69, 9.17) is 0 Å². The molecule has 2 rings (SSSR count). The SMILES string of the molecule is CC(=O)NCCN(C(=O)Cc1ccc(-n2cnnn2)cc1)C(C)C(=O)O. The number of amides is 2. The first kappa shape index (κ1) is 19.0. The van der Waals surface area contributed by atoms with Gasteiger partial charge in [-0.05, 0) is 35.0 Å². The lowest BCUT2D eigenvalue weighted by Crippen LogP contribution is -2.47. The van der Waals surface area contributed by atoms with Gasteiger partial charge in [-0.15, -0.1) is 5.10 Å². The number of aromatic nitrogens is 4. The number of carboxylic acids is 1. The Labute approximate surface area is 149 Å². The van der Waals surface area contributed by atoms with E-state index in [0.29, 0.717) is 0 Å². The van der Waals surface area contributed by atoms with Crippen molar-refractivity contribution in [1.29, 1.82) is 0 Å². The van der Waals surface area contributed by atoms with E-state index in [1.807, 2.05) is 0 Å². The van der Waals surface area contributed by atoms with Crippen molar-refractivity contribution in [3.63, 3.8) is 0 Å². The predicted molar refractivity (Wildman–Crippen MR) is 90.4 cm³/mol. The summed E-state index contributed by atoms with van der Waals surface area (Å²) in [5.41, 5.74) is 1.47. The van der Waals surface area contributed by atoms with Gasteiger partial charge in [0.1, 0.15) is 12.4 Å². The van der Waals surface area contributed by atoms with Crippen LogP contribution in [0.5, 0.6) is 0 Å². The number of carbonyl (C=O) groups excluding carboxylic acids is 2. The van der Waals surface area contributed by atoms with Crippen LogP contribution >= 0.6 is 0 Å². The highest BCUT2D eigenvalue weighted by atomic mass is 16.4. The maximum Gasteiger partial charge on any atom is 0.326 e. The van der Waals surface area contributed by atoms with Gasteiger partial charge in [0.05, 0.1) is 12.1 Å². The van der Waals surface area contributed by atoms with E-state index in [9.17, 15) is 19.5 Å². The van der Waals surface area contributed by atoms with E-state index in [0.717, 1.165) is 11.3 Å². The van der Waals surface area contributed by atoms with Crippen molar-refractivity contribution in [2.45, 2.75) is 26.3 Å². The van der Waals surface area contributed by atoms with E-state index in [1.54, 1.807) is 24.3 Å². The summed E-state index contributed by atoms with van der Waals surface area (Å²) in [5, 5.41) is 22.7. The zero-order valence-corrected chi connectivity index (χ0v) is 14.5. The molecule has 0 spiro atoms. The molecule has 1 aromatic carbocycles. The van der Waals surface area contributed by atoms with Crippen molar-refractivity contribution in [3.05, 3.63) is 36.2 Å². The van der Waals surface area contributed by atoms with Crippen LogP contribution in [0, 0.1) is 0 Å². The molecule has 2 N–H and O–H groups in total. The second-order valence-corrected chi connectivity index (χ2v) is 5.68. The smallest absolute Gasteiger partial charge is 0.326 e. The van der Waals surface area contributed by atoms with Gasteiger partial charge in [-0.2, -0.15) is 0 Å². The first-order valence-corrected chi connectivity index (χ1v) is 7.97. The Morgan fingerprint density at radius 3 is 2.50 bits per heavy atom. The quantitative estimate of drug-likeness (QED) is 0.657. The van der Waals surface area contributed by atoms with Gasteiger partial charge in [0.2, 0.25) is 11.8 Å². The Morgan fingerprint density at radius 1 is 1.27 bits per heavy atom. The standard InChI is InChI=1S/C16H20N6O4/c1-11(16(25)26)21(8-7-17-12(2)23)15(24)9-13-3-5-14(6-4-13)22-10-18-19-20-22/h3-6,10-11H,7-9H2,1-2H3,(H,17,23)(H,25,26). The third-order valence-electron chi connectivity index (χ3n) is 3.78. The minimum Gasteiger partial charge on any atom is -0.480 e. The molecule has 0 aliphatic heterocycles. The molecule has 1 unspecified atom stereocenters. The number of aliphatic carboxylic acids is 1. The van der Waals surface area contributed by atoms with Crippen LogP contribution in [0.25, 0.3) is 5.69 Å². The first-order chi connectivity index (χ1) is 12.4. The van der Waals surface area contributed by atoms with Gasteiger partial charge in [0.15, 0.2) is 0 Å². The number of carboxylic acid groups (broad SMARTS) is 1. The van der Waals surface area contributed by atoms with Crippen LogP contribution < -0.4 is 5.32 Å². The molecule has 1 heterocycles. The Kier molecular flexibility index (Phi) is 6.36. The van der Waals surface area contributed by atoms with Crippen molar-refractivity contribution in [1.82, 2.24) is 30.4 Å². The van der Waals surface area contributed by atoms with E-state index >= 15 is 0 Å². The Hall–Kier alpha value is -3.30. The molecule has 1 atom stereocenters. The Balaban J connectivity index is 2.05. The van der Waals surface area contributed by atoms with E-state index < -0.39 is 12.0 Å². The van der Waals surface area contributed by atoms with Crippen LogP contribution in [0.2, 0.25) is 0 Å². The fraction of sp³-hybridized carbons (Fsp3) is 0.375. The number of nitrogens with one attached hydrogen (secondary N) is 1. The molecule has 0 radical (unpaired) electrons. The van der Waals surface area contributed by atoms with Gasteiger partial charge in [-0.25, -0.2) is 9.48 Å². The number of nitrogens with zero attached hydrogens (tertiary/aromatic N) is 5. The molecule has 10 heteroatoms. The summed E-state index contributed by atoms with van der Waals surface area (Å²) >= 11 is 0. The largest absolute Gasteiger partial charge is 0.480 e. The minimum absolute atomic E-state index is 0.0492. The Bertz CT molecular complexity index is 760. The van der Waals surface area contributed by atoms with Crippen LogP contribution in [0.4, 0.5) is 0 Å². The number of hydrogen-bond acceptors (Lipinski definition) is 6. The molecule has 2 aromatic rings. The number of carbonyl (C=O) groups is 3. The summed E-state index contributed by atoms with van der Waals surface area (Å²) in [6, 6.07) is 6.05. The van der Waals surface area contributed by atoms with Gasteiger partial charge >= 0.3 is 5.97 Å². The number of hydrogen-bond donors (Lipinski definition) is 2. The van der Waals surface area contributed by atoms with Crippen molar-refractivity contribution in [2.75, 3.05) is 13.1 Å². The van der Waals surface area contributed by atoms with Crippen LogP contribution in [0.1, 0.15) is 19.4 Å². The number of rotatable bonds is 8. The van der Waals surface area contributed by atoms with E-state index in [2.05, 4.69) is 20.8 Å². The second kappa shape index (κ2) is 8.70. The monoisotopic (exact) mass is 360 g/mol. The molecule has 0 aliphatic rings. The number of tetrazole rings is 1. The van der Waals surface area contributed by atoms with Crippen molar-refractivity contribution in [2.24, 2.45) is 0 Å². The van der Waals surface area contributed by atoms with E-state index in [-0.39, 0.29) is 31.3 Å². The maximum atomic E-state index is 12.6. The number of benzene rings is 1. The normalized spacial score (nSPS) is 11.6. The predicted octanol–water partition coefficient (Wildman–Crippen LogP) is -0.357. The zero-order valence-electron chi connectivity index (χ0n) is 14.5. The zero-order chi connectivity index (χ0) is 19.1. The lowest BCUT2D eigenvalue weighted by atomic mass is 10.1. The van der Waals surface area contributed by atoms with Crippen LogP contribution in [-0.4, -0.2) is 67.1 Å². The average Bonchev–Trinajstić information content (AvgIpc) is 3.13. The third-order valence-corrected chi connectivity index (χ3v) is 3.78. The summed E-state index contributed by atoms with van der Waals surface area (Å²) in [6.07, 6.45) is 1.51. The van der Waals surface area contributed by atoms with Gasteiger partial charge in [0, 0.05) is 20.0 Å². The fourth-order valence-corrected chi connectivity index (χ4v) is 2.34. The molecule has 10 nitrogen and oxygen atoms in total. The molecule has 1 aromatic heterocycles. The summed E-state index contributed by atoms with van der Waals surface area (Å²) in [5.74, 6) is -1.67. The molecule has 2 amide bonds. The minimum atomic E-state index is -1.10. The van der Waals surface area contributed by atoms with Gasteiger partial charge in [0.25, 0.3) is 0 Å². The molecule has 0 bridgehead atoms. The van der Waals surface area contributed by atoms with Crippen LogP contribution in [0.3, 0.4) is 0 Å². The molecule has 0 aliphatic carbocycles. The molecular formula is C16H20N6O4. The van der Waals surface area contributed by atoms with Gasteiger partial charge in [-0.1, -0.05) is 12.1 Å². The third kappa shape index (κ3) is 5.10. The van der Waals surface area contributed by atoms with Gasteiger partial charge < -0.3 is 15.3 Å². The maximum absolute atomic E-state index is 12.6. The molecular weight excluding hydrogens is 340 g/mol. The lowest BCUT2D eigenvalue weighted by Gasteiger charge is -2.26. The summed E-state index contributed by atoms with van der Waals surface area (Å²) in [4.78, 5) is 36.0. The highest BCUT2D eigenvalue weighted by Crippen LogP contribution is 2.11. The fourth-order valence-electron chi connectivity index (χ4n) is 2.34.